The predicted octanol–water partition coefficient (Wildman–Crippen LogP) is 1.74. The highest BCUT2D eigenvalue weighted by atomic mass is 35.5. The quantitative estimate of drug-likeness (QED) is 0.767. The third-order valence-corrected chi connectivity index (χ3v) is 4.88. The Morgan fingerprint density at radius 1 is 1.46 bits per heavy atom. The first kappa shape index (κ1) is 17.2. The molecule has 0 bridgehead atoms. The highest BCUT2D eigenvalue weighted by Gasteiger charge is 2.35. The lowest BCUT2D eigenvalue weighted by atomic mass is 9.88. The fraction of sp³-hybridized carbons (Fsp3) is 0.688. The molecule has 1 aliphatic carbocycles. The Labute approximate surface area is 146 Å². The van der Waals surface area contributed by atoms with Gasteiger partial charge < -0.3 is 19.3 Å². The van der Waals surface area contributed by atoms with E-state index in [0.29, 0.717) is 30.2 Å². The van der Waals surface area contributed by atoms with E-state index in [4.69, 9.17) is 21.1 Å². The van der Waals surface area contributed by atoms with E-state index in [1.165, 1.54) is 0 Å². The Morgan fingerprint density at radius 3 is 2.88 bits per heavy atom. The van der Waals surface area contributed by atoms with Gasteiger partial charge in [0, 0.05) is 45.5 Å². The van der Waals surface area contributed by atoms with Crippen molar-refractivity contribution in [2.24, 2.45) is 0 Å². The Morgan fingerprint density at radius 2 is 2.21 bits per heavy atom. The van der Waals surface area contributed by atoms with Crippen LogP contribution in [0.4, 0.5) is 5.95 Å². The Kier molecular flexibility index (Phi) is 5.10. The number of ether oxygens (including phenoxy) is 2. The number of nitrogens with zero attached hydrogens (tertiary/aromatic N) is 4. The largest absolute Gasteiger partial charge is 0.474 e. The summed E-state index contributed by atoms with van der Waals surface area (Å²) in [7, 11) is 1.82. The molecule has 1 atom stereocenters. The summed E-state index contributed by atoms with van der Waals surface area (Å²) in [6.45, 7) is 5.67. The van der Waals surface area contributed by atoms with Crippen molar-refractivity contribution in [1.29, 1.82) is 0 Å². The van der Waals surface area contributed by atoms with Crippen LogP contribution in [0, 0.1) is 0 Å². The van der Waals surface area contributed by atoms with Crippen molar-refractivity contribution in [3.63, 3.8) is 0 Å². The van der Waals surface area contributed by atoms with Gasteiger partial charge in [0.15, 0.2) is 0 Å². The van der Waals surface area contributed by atoms with Crippen LogP contribution in [-0.2, 0) is 9.53 Å². The molecular formula is C16H23ClN4O3. The third-order valence-electron chi connectivity index (χ3n) is 4.69. The molecule has 1 aromatic heterocycles. The number of carbonyl (C=O) groups excluding carboxylic acids is 1. The second-order valence-corrected chi connectivity index (χ2v) is 6.83. The summed E-state index contributed by atoms with van der Waals surface area (Å²) in [6, 6.07) is 2.07. The molecule has 2 heterocycles. The Hall–Kier alpha value is -1.60. The minimum atomic E-state index is 0.0535. The first-order valence-corrected chi connectivity index (χ1v) is 8.61. The summed E-state index contributed by atoms with van der Waals surface area (Å²) >= 11 is 6.14. The van der Waals surface area contributed by atoms with E-state index in [1.807, 2.05) is 7.05 Å². The molecule has 0 spiro atoms. The summed E-state index contributed by atoms with van der Waals surface area (Å²) in [5, 5.41) is 0.366. The van der Waals surface area contributed by atoms with Crippen molar-refractivity contribution < 1.29 is 14.3 Å². The number of rotatable bonds is 4. The van der Waals surface area contributed by atoms with Crippen LogP contribution in [-0.4, -0.2) is 65.8 Å². The van der Waals surface area contributed by atoms with Crippen LogP contribution in [0.5, 0.6) is 5.88 Å². The van der Waals surface area contributed by atoms with Gasteiger partial charge >= 0.3 is 0 Å². The molecule has 132 valence electrons. The predicted molar refractivity (Wildman–Crippen MR) is 90.6 cm³/mol. The van der Waals surface area contributed by atoms with E-state index in [1.54, 1.807) is 17.9 Å². The van der Waals surface area contributed by atoms with Crippen LogP contribution in [0.1, 0.15) is 26.7 Å². The third kappa shape index (κ3) is 3.72. The number of anilines is 1. The van der Waals surface area contributed by atoms with Crippen LogP contribution >= 0.6 is 11.6 Å². The maximum atomic E-state index is 11.4. The van der Waals surface area contributed by atoms with Gasteiger partial charge in [0.25, 0.3) is 0 Å². The topological polar surface area (TPSA) is 67.8 Å². The van der Waals surface area contributed by atoms with Gasteiger partial charge in [-0.25, -0.2) is 4.98 Å². The van der Waals surface area contributed by atoms with E-state index in [-0.39, 0.29) is 24.1 Å². The molecule has 1 saturated heterocycles. The second kappa shape index (κ2) is 7.11. The lowest BCUT2D eigenvalue weighted by Crippen LogP contribution is -2.49. The molecule has 3 rings (SSSR count). The van der Waals surface area contributed by atoms with E-state index >= 15 is 0 Å². The summed E-state index contributed by atoms with van der Waals surface area (Å²) in [4.78, 5) is 24.0. The fourth-order valence-electron chi connectivity index (χ4n) is 2.98. The van der Waals surface area contributed by atoms with Gasteiger partial charge in [-0.2, -0.15) is 4.98 Å². The average molecular weight is 355 g/mol. The van der Waals surface area contributed by atoms with Crippen molar-refractivity contribution >= 4 is 23.5 Å². The van der Waals surface area contributed by atoms with Gasteiger partial charge in [-0.3, -0.25) is 4.79 Å². The molecule has 2 fully saturated rings. The number of hydrogen-bond acceptors (Lipinski definition) is 6. The maximum absolute atomic E-state index is 11.4. The molecule has 24 heavy (non-hydrogen) atoms. The van der Waals surface area contributed by atoms with Crippen LogP contribution < -0.4 is 9.64 Å². The zero-order valence-corrected chi connectivity index (χ0v) is 15.0. The van der Waals surface area contributed by atoms with Gasteiger partial charge in [-0.05, 0) is 6.92 Å². The summed E-state index contributed by atoms with van der Waals surface area (Å²) in [5.41, 5.74) is 0. The molecular weight excluding hydrogens is 332 g/mol. The fourth-order valence-corrected chi connectivity index (χ4v) is 3.15. The molecule has 1 saturated carbocycles. The van der Waals surface area contributed by atoms with Crippen molar-refractivity contribution in [1.82, 2.24) is 14.9 Å². The van der Waals surface area contributed by atoms with Crippen LogP contribution in [0.3, 0.4) is 0 Å². The van der Waals surface area contributed by atoms with Crippen molar-refractivity contribution in [2.75, 3.05) is 31.7 Å². The number of carbonyl (C=O) groups is 1. The minimum absolute atomic E-state index is 0.0535. The number of hydrogen-bond donors (Lipinski definition) is 0. The molecule has 0 unspecified atom stereocenters. The lowest BCUT2D eigenvalue weighted by Gasteiger charge is -2.40. The maximum Gasteiger partial charge on any atom is 0.230 e. The van der Waals surface area contributed by atoms with Gasteiger partial charge in [-0.1, -0.05) is 11.6 Å². The van der Waals surface area contributed by atoms with Crippen LogP contribution in [0.2, 0.25) is 5.15 Å². The van der Waals surface area contributed by atoms with Crippen LogP contribution in [0.25, 0.3) is 0 Å². The Balaban J connectivity index is 1.64. The van der Waals surface area contributed by atoms with E-state index < -0.39 is 0 Å². The molecule has 0 radical (unpaired) electrons. The zero-order valence-electron chi connectivity index (χ0n) is 14.2. The lowest BCUT2D eigenvalue weighted by molar-refractivity contribution is -0.133. The second-order valence-electron chi connectivity index (χ2n) is 6.44. The molecule has 7 nitrogen and oxygen atoms in total. The number of amides is 1. The standard InChI is InChI=1S/C16H23ClN4O3/c1-10-9-23-5-4-21(10)16-18-14(17)8-15(19-16)24-13-6-12(7-13)20(3)11(2)22/h8,10,12-13H,4-7,9H2,1-3H3/t10-,12?,13?/m0/s1. The number of halogens is 1. The molecule has 1 aromatic rings. The van der Waals surface area contributed by atoms with Crippen LogP contribution in [0.15, 0.2) is 6.07 Å². The smallest absolute Gasteiger partial charge is 0.230 e. The zero-order chi connectivity index (χ0) is 17.3. The van der Waals surface area contributed by atoms with Gasteiger partial charge in [0.05, 0.1) is 19.3 Å². The minimum Gasteiger partial charge on any atom is -0.474 e. The number of morpholine rings is 1. The normalized spacial score (nSPS) is 26.7. The van der Waals surface area contributed by atoms with Gasteiger partial charge in [0.2, 0.25) is 17.7 Å². The summed E-state index contributed by atoms with van der Waals surface area (Å²) in [6.07, 6.45) is 1.67. The molecule has 1 aliphatic heterocycles. The first-order valence-electron chi connectivity index (χ1n) is 8.23. The van der Waals surface area contributed by atoms with E-state index in [0.717, 1.165) is 19.4 Å². The first-order chi connectivity index (χ1) is 11.4. The highest BCUT2D eigenvalue weighted by molar-refractivity contribution is 6.29. The highest BCUT2D eigenvalue weighted by Crippen LogP contribution is 2.30. The van der Waals surface area contributed by atoms with E-state index in [2.05, 4.69) is 21.8 Å². The molecule has 8 heteroatoms. The number of aromatic nitrogens is 2. The summed E-state index contributed by atoms with van der Waals surface area (Å²) < 4.78 is 11.4. The summed E-state index contributed by atoms with van der Waals surface area (Å²) in [5.74, 6) is 1.13. The monoisotopic (exact) mass is 354 g/mol. The van der Waals surface area contributed by atoms with E-state index in [9.17, 15) is 4.79 Å². The van der Waals surface area contributed by atoms with Crippen molar-refractivity contribution in [3.05, 3.63) is 11.2 Å². The van der Waals surface area contributed by atoms with Crippen molar-refractivity contribution in [2.45, 2.75) is 44.9 Å². The molecule has 2 aliphatic rings. The molecule has 1 amide bonds. The molecule has 0 aromatic carbocycles. The average Bonchev–Trinajstić information content (AvgIpc) is 2.49. The SMILES string of the molecule is CC(=O)N(C)C1CC(Oc2cc(Cl)nc(N3CCOC[C@@H]3C)n2)C1. The molecule has 0 N–H and O–H groups in total. The van der Waals surface area contributed by atoms with Gasteiger partial charge in [-0.15, -0.1) is 0 Å². The Bertz CT molecular complexity index is 609. The van der Waals surface area contributed by atoms with Crippen molar-refractivity contribution in [3.8, 4) is 5.88 Å². The van der Waals surface area contributed by atoms with Gasteiger partial charge in [0.1, 0.15) is 11.3 Å².